The number of fused-ring (bicyclic) bond motifs is 1. The standard InChI is InChI=1S/C28H32/c1-17-12-13-25(26-11-9-8-10-24(17)26)23-14-15-28(7,16-23)27-21(5)19(3)18(2)20(4)22(27)6/h8-14H,15-16H2,1-7H3. The smallest absolute Gasteiger partial charge is 0.000525 e. The zero-order valence-corrected chi connectivity index (χ0v) is 18.5. The van der Waals surface area contributed by atoms with Gasteiger partial charge in [-0.2, -0.15) is 0 Å². The van der Waals surface area contributed by atoms with Gasteiger partial charge in [0.15, 0.2) is 0 Å². The summed E-state index contributed by atoms with van der Waals surface area (Å²) in [4.78, 5) is 0. The minimum absolute atomic E-state index is 0.179. The molecule has 0 spiro atoms. The van der Waals surface area contributed by atoms with E-state index in [0.29, 0.717) is 0 Å². The zero-order chi connectivity index (χ0) is 20.2. The molecule has 0 fully saturated rings. The number of aryl methyl sites for hydroxylation is 1. The van der Waals surface area contributed by atoms with Crippen LogP contribution in [0.5, 0.6) is 0 Å². The summed E-state index contributed by atoms with van der Waals surface area (Å²) in [6, 6.07) is 13.5. The molecule has 1 aliphatic rings. The molecule has 0 N–H and O–H groups in total. The first kappa shape index (κ1) is 19.0. The molecule has 1 aliphatic carbocycles. The average molecular weight is 369 g/mol. The highest BCUT2D eigenvalue weighted by atomic mass is 14.4. The molecule has 3 aromatic rings. The monoisotopic (exact) mass is 368 g/mol. The van der Waals surface area contributed by atoms with Crippen LogP contribution in [0.3, 0.4) is 0 Å². The van der Waals surface area contributed by atoms with E-state index >= 15 is 0 Å². The van der Waals surface area contributed by atoms with E-state index in [2.05, 4.69) is 90.9 Å². The van der Waals surface area contributed by atoms with Crippen molar-refractivity contribution in [2.75, 3.05) is 0 Å². The Morgan fingerprint density at radius 3 is 1.89 bits per heavy atom. The van der Waals surface area contributed by atoms with E-state index in [9.17, 15) is 0 Å². The van der Waals surface area contributed by atoms with Crippen molar-refractivity contribution in [1.82, 2.24) is 0 Å². The second-order valence-electron chi connectivity index (χ2n) is 9.15. The van der Waals surface area contributed by atoms with Crippen molar-refractivity contribution in [2.45, 2.75) is 66.7 Å². The summed E-state index contributed by atoms with van der Waals surface area (Å²) < 4.78 is 0. The number of hydrogen-bond donors (Lipinski definition) is 0. The second-order valence-corrected chi connectivity index (χ2v) is 9.15. The van der Waals surface area contributed by atoms with Crippen LogP contribution >= 0.6 is 0 Å². The molecule has 0 radical (unpaired) electrons. The lowest BCUT2D eigenvalue weighted by Gasteiger charge is -2.32. The molecule has 0 heterocycles. The van der Waals surface area contributed by atoms with Crippen LogP contribution in [0, 0.1) is 41.5 Å². The molecule has 0 saturated carbocycles. The molecule has 144 valence electrons. The largest absolute Gasteiger partial charge is 0.0798 e. The Hall–Kier alpha value is -2.34. The molecule has 0 nitrogen and oxygen atoms in total. The van der Waals surface area contributed by atoms with E-state index in [1.807, 2.05) is 0 Å². The van der Waals surface area contributed by atoms with Crippen LogP contribution in [-0.4, -0.2) is 0 Å². The van der Waals surface area contributed by atoms with Gasteiger partial charge in [0.1, 0.15) is 0 Å². The van der Waals surface area contributed by atoms with Crippen LogP contribution in [0.15, 0.2) is 42.5 Å². The van der Waals surface area contributed by atoms with E-state index in [1.54, 1.807) is 5.56 Å². The Morgan fingerprint density at radius 1 is 0.679 bits per heavy atom. The van der Waals surface area contributed by atoms with Gasteiger partial charge in [-0.05, 0) is 115 Å². The first-order valence-corrected chi connectivity index (χ1v) is 10.5. The fraction of sp³-hybridized carbons (Fsp3) is 0.357. The van der Waals surface area contributed by atoms with Crippen LogP contribution in [0.2, 0.25) is 0 Å². The molecule has 1 atom stereocenters. The highest BCUT2D eigenvalue weighted by Gasteiger charge is 2.35. The minimum atomic E-state index is 0.179. The van der Waals surface area contributed by atoms with Crippen molar-refractivity contribution >= 4 is 16.3 Å². The lowest BCUT2D eigenvalue weighted by Crippen LogP contribution is -2.22. The lowest BCUT2D eigenvalue weighted by molar-refractivity contribution is 0.508. The van der Waals surface area contributed by atoms with Gasteiger partial charge in [-0.15, -0.1) is 0 Å². The molecule has 0 amide bonds. The fourth-order valence-corrected chi connectivity index (χ4v) is 5.44. The van der Waals surface area contributed by atoms with Gasteiger partial charge in [-0.3, -0.25) is 0 Å². The Morgan fingerprint density at radius 2 is 1.25 bits per heavy atom. The summed E-state index contributed by atoms with van der Waals surface area (Å²) in [6.07, 6.45) is 4.73. The summed E-state index contributed by atoms with van der Waals surface area (Å²) in [6.45, 7) is 16.2. The fourth-order valence-electron chi connectivity index (χ4n) is 5.44. The van der Waals surface area contributed by atoms with Crippen molar-refractivity contribution in [3.8, 4) is 0 Å². The lowest BCUT2D eigenvalue weighted by atomic mass is 9.72. The third kappa shape index (κ3) is 2.73. The number of rotatable bonds is 2. The van der Waals surface area contributed by atoms with Crippen LogP contribution in [0.4, 0.5) is 0 Å². The first-order valence-electron chi connectivity index (χ1n) is 10.5. The molecule has 3 aromatic carbocycles. The molecule has 28 heavy (non-hydrogen) atoms. The first-order chi connectivity index (χ1) is 13.2. The molecule has 0 saturated heterocycles. The van der Waals surface area contributed by atoms with E-state index < -0.39 is 0 Å². The molecular weight excluding hydrogens is 336 g/mol. The summed E-state index contributed by atoms with van der Waals surface area (Å²) in [5.74, 6) is 0. The van der Waals surface area contributed by atoms with Gasteiger partial charge in [-0.1, -0.05) is 49.4 Å². The van der Waals surface area contributed by atoms with Gasteiger partial charge >= 0.3 is 0 Å². The summed E-state index contributed by atoms with van der Waals surface area (Å²) in [7, 11) is 0. The van der Waals surface area contributed by atoms with Crippen molar-refractivity contribution in [3.63, 3.8) is 0 Å². The molecule has 0 aromatic heterocycles. The maximum absolute atomic E-state index is 2.50. The Labute approximate surface area is 170 Å². The average Bonchev–Trinajstić information content (AvgIpc) is 3.08. The number of allylic oxidation sites excluding steroid dienone is 2. The van der Waals surface area contributed by atoms with Crippen LogP contribution < -0.4 is 0 Å². The summed E-state index contributed by atoms with van der Waals surface area (Å²) in [5.41, 5.74) is 13.4. The van der Waals surface area contributed by atoms with Gasteiger partial charge < -0.3 is 0 Å². The summed E-state index contributed by atoms with van der Waals surface area (Å²) in [5, 5.41) is 2.77. The van der Waals surface area contributed by atoms with Gasteiger partial charge in [0, 0.05) is 5.41 Å². The topological polar surface area (TPSA) is 0 Å². The van der Waals surface area contributed by atoms with Crippen LogP contribution in [0.25, 0.3) is 16.3 Å². The quantitative estimate of drug-likeness (QED) is 0.432. The minimum Gasteiger partial charge on any atom is -0.0798 e. The van der Waals surface area contributed by atoms with Gasteiger partial charge in [-0.25, -0.2) is 0 Å². The van der Waals surface area contributed by atoms with Gasteiger partial charge in [0.25, 0.3) is 0 Å². The van der Waals surface area contributed by atoms with Gasteiger partial charge in [0.2, 0.25) is 0 Å². The molecule has 0 heteroatoms. The van der Waals surface area contributed by atoms with Gasteiger partial charge in [0.05, 0.1) is 0 Å². The van der Waals surface area contributed by atoms with E-state index in [1.165, 1.54) is 55.3 Å². The van der Waals surface area contributed by atoms with Crippen molar-refractivity contribution in [3.05, 3.63) is 87.0 Å². The van der Waals surface area contributed by atoms with E-state index in [0.717, 1.165) is 12.8 Å². The van der Waals surface area contributed by atoms with Crippen molar-refractivity contribution < 1.29 is 0 Å². The maximum atomic E-state index is 2.50. The Bertz CT molecular complexity index is 1100. The SMILES string of the molecule is Cc1c(C)c(C)c(C2(C)CC=C(c3ccc(C)c4ccccc34)C2)c(C)c1C. The molecule has 0 bridgehead atoms. The van der Waals surface area contributed by atoms with E-state index in [-0.39, 0.29) is 5.41 Å². The summed E-state index contributed by atoms with van der Waals surface area (Å²) >= 11 is 0. The van der Waals surface area contributed by atoms with Crippen LogP contribution in [-0.2, 0) is 5.41 Å². The molecule has 1 unspecified atom stereocenters. The van der Waals surface area contributed by atoms with Crippen LogP contribution in [0.1, 0.15) is 64.3 Å². The molecule has 4 rings (SSSR count). The predicted molar refractivity (Wildman–Crippen MR) is 123 cm³/mol. The number of benzene rings is 3. The predicted octanol–water partition coefficient (Wildman–Crippen LogP) is 7.83. The highest BCUT2D eigenvalue weighted by molar-refractivity contribution is 5.96. The normalized spacial score (nSPS) is 19.3. The third-order valence-corrected chi connectivity index (χ3v) is 7.47. The van der Waals surface area contributed by atoms with E-state index in [4.69, 9.17) is 0 Å². The molecule has 0 aliphatic heterocycles. The third-order valence-electron chi connectivity index (χ3n) is 7.47. The maximum Gasteiger partial charge on any atom is 0.000525 e. The van der Waals surface area contributed by atoms with Crippen molar-refractivity contribution in [2.24, 2.45) is 0 Å². The Balaban J connectivity index is 1.81. The molecular formula is C28H32. The number of hydrogen-bond acceptors (Lipinski definition) is 0. The Kier molecular flexibility index (Phi) is 4.49. The highest BCUT2D eigenvalue weighted by Crippen LogP contribution is 2.48. The zero-order valence-electron chi connectivity index (χ0n) is 18.5. The second kappa shape index (κ2) is 6.62. The van der Waals surface area contributed by atoms with Crippen molar-refractivity contribution in [1.29, 1.82) is 0 Å².